The number of halogens is 1. The zero-order valence-electron chi connectivity index (χ0n) is 19.4. The molecule has 0 aliphatic carbocycles. The molecule has 0 fully saturated rings. The third kappa shape index (κ3) is 5.65. The predicted molar refractivity (Wildman–Crippen MR) is 129 cm³/mol. The summed E-state index contributed by atoms with van der Waals surface area (Å²) in [5.41, 5.74) is 0.383. The highest BCUT2D eigenvalue weighted by molar-refractivity contribution is 6.32. The molecule has 0 radical (unpaired) electrons. The first-order valence-electron chi connectivity index (χ1n) is 11.1. The molecule has 1 amide bonds. The van der Waals surface area contributed by atoms with Gasteiger partial charge in [0.05, 0.1) is 12.1 Å². The fraction of sp³-hybridized carbons (Fsp3) is 0.478. The minimum absolute atomic E-state index is 0.155. The Kier molecular flexibility index (Phi) is 7.97. The molecule has 2 aromatic heterocycles. The molecule has 3 rings (SSSR count). The van der Waals surface area contributed by atoms with Crippen LogP contribution in [0.2, 0.25) is 5.02 Å². The highest BCUT2D eigenvalue weighted by Gasteiger charge is 2.20. The van der Waals surface area contributed by atoms with Gasteiger partial charge in [-0.2, -0.15) is 0 Å². The van der Waals surface area contributed by atoms with Crippen LogP contribution in [0.25, 0.3) is 11.2 Å². The van der Waals surface area contributed by atoms with E-state index in [0.29, 0.717) is 53.0 Å². The number of anilines is 1. The van der Waals surface area contributed by atoms with Crippen LogP contribution in [-0.2, 0) is 24.3 Å². The predicted octanol–water partition coefficient (Wildman–Crippen LogP) is 3.58. The number of hydrogen-bond acceptors (Lipinski definition) is 5. The quantitative estimate of drug-likeness (QED) is 0.465. The number of imidazole rings is 1. The van der Waals surface area contributed by atoms with Gasteiger partial charge in [0.2, 0.25) is 5.91 Å². The van der Waals surface area contributed by atoms with E-state index in [1.807, 2.05) is 25.3 Å². The van der Waals surface area contributed by atoms with Crippen molar-refractivity contribution in [3.05, 3.63) is 49.9 Å². The van der Waals surface area contributed by atoms with Crippen LogP contribution in [-0.4, -0.2) is 32.1 Å². The van der Waals surface area contributed by atoms with E-state index in [1.165, 1.54) is 11.7 Å². The molecule has 10 heteroatoms. The van der Waals surface area contributed by atoms with Gasteiger partial charge in [0, 0.05) is 31.6 Å². The van der Waals surface area contributed by atoms with Crippen molar-refractivity contribution in [1.82, 2.24) is 19.1 Å². The van der Waals surface area contributed by atoms with Crippen LogP contribution in [0, 0.1) is 5.92 Å². The van der Waals surface area contributed by atoms with E-state index in [2.05, 4.69) is 15.3 Å². The van der Waals surface area contributed by atoms with Gasteiger partial charge < -0.3 is 14.6 Å². The first-order chi connectivity index (χ1) is 15.7. The molecule has 1 aromatic carbocycles. The number of H-pyrrole nitrogens is 1. The summed E-state index contributed by atoms with van der Waals surface area (Å²) in [7, 11) is 1.52. The van der Waals surface area contributed by atoms with Crippen LogP contribution in [0.4, 0.5) is 5.69 Å². The van der Waals surface area contributed by atoms with E-state index in [9.17, 15) is 14.4 Å². The molecule has 0 aliphatic rings. The normalized spacial score (nSPS) is 11.3. The van der Waals surface area contributed by atoms with Gasteiger partial charge in [-0.3, -0.25) is 19.1 Å². The second kappa shape index (κ2) is 10.7. The van der Waals surface area contributed by atoms with E-state index >= 15 is 0 Å². The van der Waals surface area contributed by atoms with Crippen LogP contribution < -0.4 is 21.3 Å². The van der Waals surface area contributed by atoms with E-state index < -0.39 is 11.2 Å². The van der Waals surface area contributed by atoms with Crippen molar-refractivity contribution in [1.29, 1.82) is 0 Å². The van der Waals surface area contributed by atoms with Crippen LogP contribution in [0.3, 0.4) is 0 Å². The molecule has 2 N–H and O–H groups in total. The fourth-order valence-corrected chi connectivity index (χ4v) is 3.94. The standard InChI is InChI=1S/C23H30ClN5O4/c1-5-6-11-28-21-20(22(31)27-23(28)32)29(13-14(2)3)18(26-21)9-10-19(30)25-15-7-8-17(33-4)16(24)12-15/h7-8,12,14H,5-6,9-11,13H2,1-4H3,(H,25,30)(H,27,31,32). The Labute approximate surface area is 196 Å². The molecule has 0 saturated carbocycles. The first kappa shape index (κ1) is 24.6. The molecular formula is C23H30ClN5O4. The van der Waals surface area contributed by atoms with Crippen molar-refractivity contribution in [3.63, 3.8) is 0 Å². The topological polar surface area (TPSA) is 111 Å². The van der Waals surface area contributed by atoms with Crippen LogP contribution >= 0.6 is 11.6 Å². The van der Waals surface area contributed by atoms with Crippen molar-refractivity contribution < 1.29 is 9.53 Å². The maximum absolute atomic E-state index is 12.7. The number of rotatable bonds is 10. The zero-order chi connectivity index (χ0) is 24.1. The van der Waals surface area contributed by atoms with Gasteiger partial charge in [-0.25, -0.2) is 9.78 Å². The van der Waals surface area contributed by atoms with Crippen molar-refractivity contribution in [2.75, 3.05) is 12.4 Å². The molecule has 0 atom stereocenters. The van der Waals surface area contributed by atoms with Gasteiger partial charge in [0.15, 0.2) is 11.2 Å². The lowest BCUT2D eigenvalue weighted by molar-refractivity contribution is -0.116. The molecule has 3 aromatic rings. The number of ether oxygens (including phenoxy) is 1. The third-order valence-electron chi connectivity index (χ3n) is 5.26. The molecule has 178 valence electrons. The number of benzene rings is 1. The Bertz CT molecular complexity index is 1260. The van der Waals surface area contributed by atoms with Crippen LogP contribution in [0.1, 0.15) is 45.9 Å². The molecular weight excluding hydrogens is 446 g/mol. The lowest BCUT2D eigenvalue weighted by Gasteiger charge is -2.12. The Morgan fingerprint density at radius 1 is 1.27 bits per heavy atom. The number of methoxy groups -OCH3 is 1. The average molecular weight is 476 g/mol. The number of aryl methyl sites for hydroxylation is 2. The number of amides is 1. The molecule has 0 aliphatic heterocycles. The second-order valence-electron chi connectivity index (χ2n) is 8.37. The SMILES string of the molecule is CCCCn1c(=O)[nH]c(=O)c2c1nc(CCC(=O)Nc1ccc(OC)c(Cl)c1)n2CC(C)C. The van der Waals surface area contributed by atoms with Gasteiger partial charge in [-0.15, -0.1) is 0 Å². The fourth-order valence-electron chi connectivity index (χ4n) is 3.69. The minimum Gasteiger partial charge on any atom is -0.495 e. The third-order valence-corrected chi connectivity index (χ3v) is 5.55. The summed E-state index contributed by atoms with van der Waals surface area (Å²) >= 11 is 6.13. The van der Waals surface area contributed by atoms with Crippen LogP contribution in [0.15, 0.2) is 27.8 Å². The number of carbonyl (C=O) groups excluding carboxylic acids is 1. The minimum atomic E-state index is -0.462. The molecule has 0 bridgehead atoms. The van der Waals surface area contributed by atoms with Crippen molar-refractivity contribution in [3.8, 4) is 5.75 Å². The van der Waals surface area contributed by atoms with Gasteiger partial charge >= 0.3 is 5.69 Å². The first-order valence-corrected chi connectivity index (χ1v) is 11.5. The number of nitrogens with one attached hydrogen (secondary N) is 2. The van der Waals surface area contributed by atoms with Crippen molar-refractivity contribution in [2.24, 2.45) is 5.92 Å². The number of nitrogens with zero attached hydrogens (tertiary/aromatic N) is 3. The molecule has 0 saturated heterocycles. The summed E-state index contributed by atoms with van der Waals surface area (Å²) in [6, 6.07) is 5.02. The number of unbranched alkanes of at least 4 members (excludes halogenated alkanes) is 1. The van der Waals surface area contributed by atoms with Gasteiger partial charge in [-0.05, 0) is 30.5 Å². The van der Waals surface area contributed by atoms with E-state index in [0.717, 1.165) is 12.8 Å². The van der Waals surface area contributed by atoms with Gasteiger partial charge in [0.25, 0.3) is 5.56 Å². The van der Waals surface area contributed by atoms with E-state index in [-0.39, 0.29) is 18.2 Å². The maximum Gasteiger partial charge on any atom is 0.330 e. The number of fused-ring (bicyclic) bond motifs is 1. The average Bonchev–Trinajstić information content (AvgIpc) is 3.10. The smallest absolute Gasteiger partial charge is 0.330 e. The Morgan fingerprint density at radius 2 is 2.03 bits per heavy atom. The summed E-state index contributed by atoms with van der Waals surface area (Å²) in [6.07, 6.45) is 2.17. The Morgan fingerprint density at radius 3 is 2.67 bits per heavy atom. The number of hydrogen-bond donors (Lipinski definition) is 2. The largest absolute Gasteiger partial charge is 0.495 e. The molecule has 2 heterocycles. The molecule has 33 heavy (non-hydrogen) atoms. The molecule has 0 spiro atoms. The van der Waals surface area contributed by atoms with E-state index in [4.69, 9.17) is 16.3 Å². The number of aromatic amines is 1. The van der Waals surface area contributed by atoms with Crippen LogP contribution in [0.5, 0.6) is 5.75 Å². The number of aromatic nitrogens is 4. The van der Waals surface area contributed by atoms with Gasteiger partial charge in [-0.1, -0.05) is 38.8 Å². The van der Waals surface area contributed by atoms with Crippen molar-refractivity contribution in [2.45, 2.75) is 59.5 Å². The van der Waals surface area contributed by atoms with E-state index in [1.54, 1.807) is 18.2 Å². The monoisotopic (exact) mass is 475 g/mol. The van der Waals surface area contributed by atoms with Crippen molar-refractivity contribution >= 4 is 34.4 Å². The molecule has 0 unspecified atom stereocenters. The Balaban J connectivity index is 1.89. The summed E-state index contributed by atoms with van der Waals surface area (Å²) in [5.74, 6) is 1.16. The lowest BCUT2D eigenvalue weighted by Crippen LogP contribution is -2.31. The Hall–Kier alpha value is -3.07. The summed E-state index contributed by atoms with van der Waals surface area (Å²) < 4.78 is 8.47. The number of carbonyl (C=O) groups is 1. The molecule has 9 nitrogen and oxygen atoms in total. The summed E-state index contributed by atoms with van der Waals surface area (Å²) in [6.45, 7) is 7.13. The highest BCUT2D eigenvalue weighted by atomic mass is 35.5. The maximum atomic E-state index is 12.7. The highest BCUT2D eigenvalue weighted by Crippen LogP contribution is 2.27. The van der Waals surface area contributed by atoms with Gasteiger partial charge in [0.1, 0.15) is 11.6 Å². The second-order valence-corrected chi connectivity index (χ2v) is 8.77. The lowest BCUT2D eigenvalue weighted by atomic mass is 10.2. The zero-order valence-corrected chi connectivity index (χ0v) is 20.2. The summed E-state index contributed by atoms with van der Waals surface area (Å²) in [5, 5.41) is 3.22. The summed E-state index contributed by atoms with van der Waals surface area (Å²) in [4.78, 5) is 44.7.